The first-order chi connectivity index (χ1) is 16.6. The summed E-state index contributed by atoms with van der Waals surface area (Å²) in [5.41, 5.74) is 8.81. The van der Waals surface area contributed by atoms with Crippen LogP contribution in [-0.2, 0) is 14.9 Å². The van der Waals surface area contributed by atoms with Crippen LogP contribution in [0.1, 0.15) is 59.2 Å². The monoisotopic (exact) mass is 456 g/mol. The molecule has 0 radical (unpaired) electrons. The van der Waals surface area contributed by atoms with Crippen molar-refractivity contribution in [1.29, 1.82) is 0 Å². The average molecular weight is 457 g/mol. The fraction of sp³-hybridized carbons (Fsp3) is 0.310. The Balaban J connectivity index is 1.95. The second kappa shape index (κ2) is 10.7. The second-order valence-electron chi connectivity index (χ2n) is 8.78. The van der Waals surface area contributed by atoms with Crippen molar-refractivity contribution in [2.24, 2.45) is 5.73 Å². The van der Waals surface area contributed by atoms with Crippen molar-refractivity contribution < 1.29 is 14.3 Å². The van der Waals surface area contributed by atoms with Gasteiger partial charge in [-0.05, 0) is 55.1 Å². The van der Waals surface area contributed by atoms with Crippen molar-refractivity contribution in [3.63, 3.8) is 0 Å². The molecule has 5 heteroatoms. The maximum Gasteiger partial charge on any atom is 0.338 e. The summed E-state index contributed by atoms with van der Waals surface area (Å²) in [6, 6.07) is 27.5. The van der Waals surface area contributed by atoms with Gasteiger partial charge in [0.05, 0.1) is 23.5 Å². The van der Waals surface area contributed by atoms with E-state index in [1.54, 1.807) is 19.1 Å². The molecule has 176 valence electrons. The highest BCUT2D eigenvalue weighted by Gasteiger charge is 2.51. The smallest absolute Gasteiger partial charge is 0.338 e. The lowest BCUT2D eigenvalue weighted by molar-refractivity contribution is -0.121. The number of primary amides is 1. The zero-order chi connectivity index (χ0) is 24.0. The van der Waals surface area contributed by atoms with Crippen LogP contribution in [0.3, 0.4) is 0 Å². The van der Waals surface area contributed by atoms with E-state index < -0.39 is 17.2 Å². The van der Waals surface area contributed by atoms with E-state index in [4.69, 9.17) is 10.5 Å². The molecule has 5 nitrogen and oxygen atoms in total. The Bertz CT molecular complexity index is 1050. The molecule has 34 heavy (non-hydrogen) atoms. The molecule has 1 amide bonds. The summed E-state index contributed by atoms with van der Waals surface area (Å²) in [6.45, 7) is 2.98. The van der Waals surface area contributed by atoms with Gasteiger partial charge in [0.2, 0.25) is 5.91 Å². The zero-order valence-corrected chi connectivity index (χ0v) is 19.6. The van der Waals surface area contributed by atoms with Gasteiger partial charge >= 0.3 is 5.97 Å². The molecule has 4 rings (SSSR count). The van der Waals surface area contributed by atoms with E-state index in [1.807, 2.05) is 48.5 Å². The molecular weight excluding hydrogens is 424 g/mol. The Kier molecular flexibility index (Phi) is 7.43. The van der Waals surface area contributed by atoms with Gasteiger partial charge in [-0.25, -0.2) is 4.79 Å². The van der Waals surface area contributed by atoms with Gasteiger partial charge < -0.3 is 15.8 Å². The molecule has 3 N–H and O–H groups in total. The maximum absolute atomic E-state index is 13.4. The molecule has 0 bridgehead atoms. The molecule has 2 atom stereocenters. The first-order valence-corrected chi connectivity index (χ1v) is 12.0. The number of ether oxygens (including phenoxy) is 1. The van der Waals surface area contributed by atoms with E-state index >= 15 is 0 Å². The number of piperidine rings is 1. The lowest BCUT2D eigenvalue weighted by Crippen LogP contribution is -2.57. The van der Waals surface area contributed by atoms with Crippen LogP contribution in [0.15, 0.2) is 84.9 Å². The Morgan fingerprint density at radius 2 is 1.53 bits per heavy atom. The first-order valence-electron chi connectivity index (χ1n) is 12.0. The number of esters is 1. The average Bonchev–Trinajstić information content (AvgIpc) is 2.89. The number of nitrogens with two attached hydrogens (primary N) is 1. The van der Waals surface area contributed by atoms with E-state index in [-0.39, 0.29) is 12.0 Å². The van der Waals surface area contributed by atoms with E-state index in [0.29, 0.717) is 12.2 Å². The minimum absolute atomic E-state index is 0.00767. The Hall–Kier alpha value is -3.44. The highest BCUT2D eigenvalue weighted by molar-refractivity contribution is 5.90. The number of nitrogens with one attached hydrogen (secondary N) is 1. The van der Waals surface area contributed by atoms with Gasteiger partial charge in [-0.1, -0.05) is 79.2 Å². The van der Waals surface area contributed by atoms with Crippen molar-refractivity contribution in [3.05, 3.63) is 107 Å². The summed E-state index contributed by atoms with van der Waals surface area (Å²) >= 11 is 0. The maximum atomic E-state index is 13.4. The van der Waals surface area contributed by atoms with Crippen molar-refractivity contribution in [3.8, 4) is 0 Å². The number of carbonyl (C=O) groups is 2. The van der Waals surface area contributed by atoms with Gasteiger partial charge in [0.1, 0.15) is 0 Å². The SMILES string of the molecule is CCOC(=O)c1ccc(C(C(N)=O)C(c2ccccc2)(c2ccccc2)C2CCCCN2)cc1. The molecule has 1 aliphatic heterocycles. The quantitative estimate of drug-likeness (QED) is 0.487. The second-order valence-corrected chi connectivity index (χ2v) is 8.78. The number of benzene rings is 3. The van der Waals surface area contributed by atoms with Gasteiger partial charge in [0, 0.05) is 6.04 Å². The molecule has 0 saturated carbocycles. The topological polar surface area (TPSA) is 81.4 Å². The molecule has 1 saturated heterocycles. The van der Waals surface area contributed by atoms with E-state index in [0.717, 1.165) is 42.5 Å². The van der Waals surface area contributed by atoms with Crippen LogP contribution in [0.4, 0.5) is 0 Å². The predicted octanol–water partition coefficient (Wildman–Crippen LogP) is 4.56. The first kappa shape index (κ1) is 23.7. The molecule has 0 spiro atoms. The molecule has 3 aromatic carbocycles. The third-order valence-corrected chi connectivity index (χ3v) is 6.86. The van der Waals surface area contributed by atoms with E-state index in [9.17, 15) is 9.59 Å². The number of carbonyl (C=O) groups excluding carboxylic acids is 2. The van der Waals surface area contributed by atoms with Crippen LogP contribution < -0.4 is 11.1 Å². The molecule has 1 heterocycles. The predicted molar refractivity (Wildman–Crippen MR) is 134 cm³/mol. The normalized spacial score (nSPS) is 17.0. The highest BCUT2D eigenvalue weighted by Crippen LogP contribution is 2.49. The van der Waals surface area contributed by atoms with Crippen molar-refractivity contribution in [1.82, 2.24) is 5.32 Å². The van der Waals surface area contributed by atoms with Crippen molar-refractivity contribution >= 4 is 11.9 Å². The summed E-state index contributed by atoms with van der Waals surface area (Å²) in [7, 11) is 0. The van der Waals surface area contributed by atoms with Crippen LogP contribution in [0.25, 0.3) is 0 Å². The molecule has 1 fully saturated rings. The van der Waals surface area contributed by atoms with Crippen molar-refractivity contribution in [2.75, 3.05) is 13.2 Å². The fourth-order valence-corrected chi connectivity index (χ4v) is 5.45. The molecule has 1 aliphatic rings. The molecule has 2 unspecified atom stereocenters. The molecular formula is C29H32N2O3. The number of hydrogen-bond donors (Lipinski definition) is 2. The number of amides is 1. The Morgan fingerprint density at radius 3 is 2.00 bits per heavy atom. The summed E-state index contributed by atoms with van der Waals surface area (Å²) in [5.74, 6) is -1.43. The Labute approximate surface area is 201 Å². The lowest BCUT2D eigenvalue weighted by Gasteiger charge is -2.48. The van der Waals surface area contributed by atoms with Gasteiger partial charge in [-0.3, -0.25) is 4.79 Å². The van der Waals surface area contributed by atoms with E-state index in [2.05, 4.69) is 29.6 Å². The summed E-state index contributed by atoms with van der Waals surface area (Å²) in [6.07, 6.45) is 3.10. The standard InChI is InChI=1S/C29H32N2O3/c1-2-34-28(33)22-18-16-21(17-19-22)26(27(30)32)29(23-11-5-3-6-12-23,24-13-7-4-8-14-24)25-15-9-10-20-31-25/h3-8,11-14,16-19,25-26,31H,2,9-10,15,20H2,1H3,(H2,30,32). The minimum Gasteiger partial charge on any atom is -0.462 e. The molecule has 3 aromatic rings. The fourth-order valence-electron chi connectivity index (χ4n) is 5.45. The van der Waals surface area contributed by atoms with Gasteiger partial charge in [-0.15, -0.1) is 0 Å². The van der Waals surface area contributed by atoms with Gasteiger partial charge in [0.15, 0.2) is 0 Å². The summed E-state index contributed by atoms with van der Waals surface area (Å²) in [4.78, 5) is 25.6. The van der Waals surface area contributed by atoms with E-state index in [1.165, 1.54) is 0 Å². The highest BCUT2D eigenvalue weighted by atomic mass is 16.5. The lowest BCUT2D eigenvalue weighted by atomic mass is 9.58. The van der Waals surface area contributed by atoms with Gasteiger partial charge in [0.25, 0.3) is 0 Å². The zero-order valence-electron chi connectivity index (χ0n) is 19.6. The largest absolute Gasteiger partial charge is 0.462 e. The summed E-state index contributed by atoms with van der Waals surface area (Å²) in [5, 5.41) is 3.73. The van der Waals surface area contributed by atoms with Gasteiger partial charge in [-0.2, -0.15) is 0 Å². The Morgan fingerprint density at radius 1 is 0.941 bits per heavy atom. The molecule has 0 aromatic heterocycles. The van der Waals surface area contributed by atoms with Crippen LogP contribution in [-0.4, -0.2) is 31.1 Å². The summed E-state index contributed by atoms with van der Waals surface area (Å²) < 4.78 is 5.14. The third-order valence-electron chi connectivity index (χ3n) is 6.86. The van der Waals surface area contributed by atoms with Crippen LogP contribution >= 0.6 is 0 Å². The van der Waals surface area contributed by atoms with Crippen LogP contribution in [0.2, 0.25) is 0 Å². The minimum atomic E-state index is -0.722. The number of hydrogen-bond acceptors (Lipinski definition) is 4. The van der Waals surface area contributed by atoms with Crippen LogP contribution in [0.5, 0.6) is 0 Å². The number of rotatable bonds is 8. The van der Waals surface area contributed by atoms with Crippen molar-refractivity contribution in [2.45, 2.75) is 43.6 Å². The van der Waals surface area contributed by atoms with Crippen LogP contribution in [0, 0.1) is 0 Å². The molecule has 0 aliphatic carbocycles. The third kappa shape index (κ3) is 4.48.